The summed E-state index contributed by atoms with van der Waals surface area (Å²) >= 11 is 1.66. The molecule has 2 unspecified atom stereocenters. The van der Waals surface area contributed by atoms with Crippen LogP contribution in [-0.2, 0) is 17.6 Å². The first-order valence-electron chi connectivity index (χ1n) is 10.8. The van der Waals surface area contributed by atoms with Crippen molar-refractivity contribution in [2.45, 2.75) is 57.1 Å². The Labute approximate surface area is 179 Å². The van der Waals surface area contributed by atoms with E-state index in [9.17, 15) is 0 Å². The number of hydrogen-bond acceptors (Lipinski definition) is 3. The lowest BCUT2D eigenvalue weighted by Gasteiger charge is -2.36. The predicted octanol–water partition coefficient (Wildman–Crippen LogP) is 6.18. The predicted molar refractivity (Wildman–Crippen MR) is 124 cm³/mol. The monoisotopic (exact) mass is 405 g/mol. The first-order valence-corrected chi connectivity index (χ1v) is 11.6. The summed E-state index contributed by atoms with van der Waals surface area (Å²) < 4.78 is 10.1. The molecule has 2 aliphatic rings. The lowest BCUT2D eigenvalue weighted by Crippen LogP contribution is -2.39. The quantitative estimate of drug-likeness (QED) is 0.458. The first-order chi connectivity index (χ1) is 14.3. The van der Waals surface area contributed by atoms with Crippen LogP contribution in [0.3, 0.4) is 0 Å². The van der Waals surface area contributed by atoms with E-state index in [1.54, 1.807) is 11.9 Å². The summed E-state index contributed by atoms with van der Waals surface area (Å²) in [5.41, 5.74) is 5.84. The van der Waals surface area contributed by atoms with Gasteiger partial charge in [0.15, 0.2) is 0 Å². The summed E-state index contributed by atoms with van der Waals surface area (Å²) in [6, 6.07) is 18.4. The van der Waals surface area contributed by atoms with Gasteiger partial charge >= 0.3 is 0 Å². The molecule has 0 saturated carbocycles. The molecule has 1 aliphatic heterocycles. The van der Waals surface area contributed by atoms with E-state index in [-0.39, 0.29) is 6.10 Å². The maximum atomic E-state index is 6.40. The Hall–Kier alpha value is -1.81. The smallest absolute Gasteiger partial charge is 0.0699 e. The molecule has 0 spiro atoms. The molecule has 29 heavy (non-hydrogen) atoms. The van der Waals surface area contributed by atoms with Crippen molar-refractivity contribution in [3.63, 3.8) is 0 Å². The summed E-state index contributed by atoms with van der Waals surface area (Å²) in [5.74, 6) is 0.308. The molecule has 2 aromatic rings. The van der Waals surface area contributed by atoms with Crippen LogP contribution in [0.4, 0.5) is 0 Å². The summed E-state index contributed by atoms with van der Waals surface area (Å²) in [7, 11) is 0. The topological polar surface area (TPSA) is 21.3 Å². The minimum Gasteiger partial charge on any atom is -0.377 e. The van der Waals surface area contributed by atoms with Gasteiger partial charge < -0.3 is 4.74 Å². The second-order valence-corrected chi connectivity index (χ2v) is 8.97. The maximum Gasteiger partial charge on any atom is 0.0699 e. The molecule has 4 rings (SSSR count). The van der Waals surface area contributed by atoms with Crippen LogP contribution in [-0.4, -0.2) is 18.8 Å². The van der Waals surface area contributed by atoms with Crippen LogP contribution in [0.25, 0.3) is 0 Å². The molecule has 3 heteroatoms. The lowest BCUT2D eigenvalue weighted by atomic mass is 9.80. The van der Waals surface area contributed by atoms with Gasteiger partial charge in [0.05, 0.1) is 6.10 Å². The van der Waals surface area contributed by atoms with Crippen LogP contribution in [0.2, 0.25) is 0 Å². The van der Waals surface area contributed by atoms with Gasteiger partial charge in [0.2, 0.25) is 0 Å². The van der Waals surface area contributed by atoms with E-state index in [2.05, 4.69) is 78.9 Å². The fourth-order valence-electron chi connectivity index (χ4n) is 4.58. The van der Waals surface area contributed by atoms with E-state index in [4.69, 9.17) is 4.74 Å². The third-order valence-corrected chi connectivity index (χ3v) is 6.88. The van der Waals surface area contributed by atoms with E-state index < -0.39 is 0 Å². The average Bonchev–Trinajstić information content (AvgIpc) is 2.93. The Morgan fingerprint density at radius 1 is 1.10 bits per heavy atom. The SMILES string of the molecule is C=C(/C=C\CC)SNC1CCOC(C2c3ccccc3CCc3ccccc32)C1. The van der Waals surface area contributed by atoms with Crippen LogP contribution in [0.1, 0.15) is 54.4 Å². The number of hydrogen-bond donors (Lipinski definition) is 1. The molecule has 1 N–H and O–H groups in total. The molecule has 1 fully saturated rings. The van der Waals surface area contributed by atoms with Crippen molar-refractivity contribution in [1.82, 2.24) is 4.72 Å². The zero-order valence-corrected chi connectivity index (χ0v) is 18.1. The zero-order chi connectivity index (χ0) is 20.1. The van der Waals surface area contributed by atoms with Crippen molar-refractivity contribution in [3.05, 3.63) is 94.4 Å². The van der Waals surface area contributed by atoms with E-state index in [0.717, 1.165) is 43.6 Å². The van der Waals surface area contributed by atoms with Gasteiger partial charge in [-0.3, -0.25) is 4.72 Å². The summed E-state index contributed by atoms with van der Waals surface area (Å²) in [6.45, 7) is 7.09. The van der Waals surface area contributed by atoms with Crippen molar-refractivity contribution in [1.29, 1.82) is 0 Å². The fourth-order valence-corrected chi connectivity index (χ4v) is 5.27. The van der Waals surface area contributed by atoms with Crippen LogP contribution >= 0.6 is 11.9 Å². The Kier molecular flexibility index (Phi) is 6.91. The molecule has 1 heterocycles. The Morgan fingerprint density at radius 2 is 1.76 bits per heavy atom. The van der Waals surface area contributed by atoms with Gasteiger partial charge in [0, 0.05) is 23.5 Å². The molecular weight excluding hydrogens is 374 g/mol. The number of aryl methyl sites for hydroxylation is 2. The summed E-state index contributed by atoms with van der Waals surface area (Å²) in [5, 5.41) is 0. The van der Waals surface area contributed by atoms with Gasteiger partial charge in [-0.05, 0) is 66.3 Å². The van der Waals surface area contributed by atoms with E-state index >= 15 is 0 Å². The van der Waals surface area contributed by atoms with Crippen molar-refractivity contribution >= 4 is 11.9 Å². The summed E-state index contributed by atoms with van der Waals surface area (Å²) in [4.78, 5) is 1.07. The molecule has 2 aromatic carbocycles. The molecule has 0 aromatic heterocycles. The van der Waals surface area contributed by atoms with Crippen LogP contribution in [0.15, 0.2) is 72.2 Å². The van der Waals surface area contributed by atoms with E-state index in [1.165, 1.54) is 22.3 Å². The molecule has 1 saturated heterocycles. The molecular formula is C26H31NOS. The Morgan fingerprint density at radius 3 is 2.41 bits per heavy atom. The Balaban J connectivity index is 1.55. The maximum absolute atomic E-state index is 6.40. The Bertz CT molecular complexity index is 827. The van der Waals surface area contributed by atoms with Gasteiger partial charge in [-0.1, -0.05) is 74.2 Å². The van der Waals surface area contributed by atoms with Crippen molar-refractivity contribution in [2.24, 2.45) is 0 Å². The highest BCUT2D eigenvalue weighted by atomic mass is 32.2. The number of ether oxygens (including phenoxy) is 1. The van der Waals surface area contributed by atoms with Gasteiger partial charge in [0.25, 0.3) is 0 Å². The van der Waals surface area contributed by atoms with Gasteiger partial charge in [0.1, 0.15) is 0 Å². The molecule has 2 atom stereocenters. The fraction of sp³-hybridized carbons (Fsp3) is 0.385. The average molecular weight is 406 g/mol. The molecule has 0 radical (unpaired) electrons. The highest BCUT2D eigenvalue weighted by Gasteiger charge is 2.34. The minimum absolute atomic E-state index is 0.196. The number of nitrogens with one attached hydrogen (secondary N) is 1. The molecule has 152 valence electrons. The van der Waals surface area contributed by atoms with Crippen molar-refractivity contribution in [3.8, 4) is 0 Å². The molecule has 0 amide bonds. The third-order valence-electron chi connectivity index (χ3n) is 6.03. The van der Waals surface area contributed by atoms with Gasteiger partial charge in [-0.15, -0.1) is 0 Å². The zero-order valence-electron chi connectivity index (χ0n) is 17.3. The van der Waals surface area contributed by atoms with Crippen LogP contribution < -0.4 is 4.72 Å². The number of allylic oxidation sites excluding steroid dienone is 2. The standard InChI is InChI=1S/C26H31NOS/c1-3-4-9-19(2)29-27-22-16-17-28-25(18-22)26-23-12-7-5-10-20(23)14-15-21-11-6-8-13-24(21)26/h4-13,22,25-27H,2-3,14-18H2,1H3/b9-4-. The van der Waals surface area contributed by atoms with Crippen molar-refractivity contribution < 1.29 is 4.74 Å². The highest BCUT2D eigenvalue weighted by molar-refractivity contribution is 8.01. The second-order valence-electron chi connectivity index (χ2n) is 8.00. The largest absolute Gasteiger partial charge is 0.377 e. The summed E-state index contributed by atoms with van der Waals surface area (Å²) in [6.07, 6.45) is 9.78. The normalized spacial score (nSPS) is 22.1. The first kappa shape index (κ1) is 20.5. The third kappa shape index (κ3) is 4.85. The molecule has 1 aliphatic carbocycles. The number of benzene rings is 2. The highest BCUT2D eigenvalue weighted by Crippen LogP contribution is 2.40. The second kappa shape index (κ2) is 9.80. The molecule has 2 nitrogen and oxygen atoms in total. The van der Waals surface area contributed by atoms with Crippen LogP contribution in [0, 0.1) is 0 Å². The minimum atomic E-state index is 0.196. The van der Waals surface area contributed by atoms with Gasteiger partial charge in [-0.25, -0.2) is 0 Å². The van der Waals surface area contributed by atoms with E-state index in [1.807, 2.05) is 0 Å². The number of rotatable bonds is 6. The number of fused-ring (bicyclic) bond motifs is 2. The van der Waals surface area contributed by atoms with E-state index in [0.29, 0.717) is 12.0 Å². The van der Waals surface area contributed by atoms with Crippen LogP contribution in [0.5, 0.6) is 0 Å². The lowest BCUT2D eigenvalue weighted by molar-refractivity contribution is -0.00357. The molecule has 0 bridgehead atoms. The van der Waals surface area contributed by atoms with Gasteiger partial charge in [-0.2, -0.15) is 0 Å². The van der Waals surface area contributed by atoms with Crippen molar-refractivity contribution in [2.75, 3.05) is 6.61 Å².